The van der Waals surface area contributed by atoms with Crippen molar-refractivity contribution >= 4 is 22.7 Å². The van der Waals surface area contributed by atoms with Crippen LogP contribution in [0.15, 0.2) is 72.9 Å². The summed E-state index contributed by atoms with van der Waals surface area (Å²) in [5.41, 5.74) is 2.19. The van der Waals surface area contributed by atoms with Gasteiger partial charge in [0, 0.05) is 23.6 Å². The SMILES string of the molecule is N=C(Cc1ccc(F)cc1)OC(=N)c1nc(-c2ccccc2)c2cccnc2c1O. The average Bonchev–Trinajstić information content (AvgIpc) is 2.76. The first kappa shape index (κ1) is 19.2. The van der Waals surface area contributed by atoms with Crippen LogP contribution in [0.4, 0.5) is 4.39 Å². The van der Waals surface area contributed by atoms with Crippen molar-refractivity contribution in [1.82, 2.24) is 9.97 Å². The van der Waals surface area contributed by atoms with Crippen LogP contribution in [0.2, 0.25) is 0 Å². The first-order valence-electron chi connectivity index (χ1n) is 9.14. The summed E-state index contributed by atoms with van der Waals surface area (Å²) in [5, 5.41) is 27.6. The van der Waals surface area contributed by atoms with Crippen molar-refractivity contribution in [3.05, 3.63) is 90.0 Å². The van der Waals surface area contributed by atoms with Crippen molar-refractivity contribution in [3.8, 4) is 17.0 Å². The zero-order valence-corrected chi connectivity index (χ0v) is 15.8. The van der Waals surface area contributed by atoms with Crippen molar-refractivity contribution in [3.63, 3.8) is 0 Å². The van der Waals surface area contributed by atoms with Crippen molar-refractivity contribution in [2.45, 2.75) is 6.42 Å². The number of nitrogens with one attached hydrogen (secondary N) is 2. The van der Waals surface area contributed by atoms with Gasteiger partial charge in [-0.25, -0.2) is 9.37 Å². The molecule has 4 rings (SSSR count). The molecule has 0 aliphatic heterocycles. The van der Waals surface area contributed by atoms with E-state index in [9.17, 15) is 9.50 Å². The van der Waals surface area contributed by atoms with Gasteiger partial charge in [0.25, 0.3) is 0 Å². The molecule has 2 heterocycles. The predicted octanol–water partition coefficient (Wildman–Crippen LogP) is 4.70. The molecule has 0 amide bonds. The Morgan fingerprint density at radius 1 is 0.967 bits per heavy atom. The minimum atomic E-state index is -0.468. The summed E-state index contributed by atoms with van der Waals surface area (Å²) in [6.45, 7) is 0. The molecule has 2 aromatic heterocycles. The molecule has 0 aliphatic carbocycles. The normalized spacial score (nSPS) is 10.7. The summed E-state index contributed by atoms with van der Waals surface area (Å²) in [6, 6.07) is 18.6. The van der Waals surface area contributed by atoms with Crippen LogP contribution in [0.5, 0.6) is 5.75 Å². The lowest BCUT2D eigenvalue weighted by atomic mass is 10.1. The topological polar surface area (TPSA) is 103 Å². The number of aromatic nitrogens is 2. The highest BCUT2D eigenvalue weighted by molar-refractivity contribution is 6.06. The van der Waals surface area contributed by atoms with Gasteiger partial charge in [-0.3, -0.25) is 15.8 Å². The standard InChI is InChI=1S/C23H17FN4O2/c24-16-10-8-14(9-11-16)13-18(25)30-23(26)21-22(29)20-17(7-4-12-27-20)19(28-21)15-5-2-1-3-6-15/h1-12,25-26,29H,13H2. The van der Waals surface area contributed by atoms with E-state index in [1.165, 1.54) is 12.1 Å². The van der Waals surface area contributed by atoms with Gasteiger partial charge in [0.2, 0.25) is 5.90 Å². The fourth-order valence-corrected chi connectivity index (χ4v) is 3.09. The predicted molar refractivity (Wildman–Crippen MR) is 112 cm³/mol. The van der Waals surface area contributed by atoms with Gasteiger partial charge in [-0.05, 0) is 29.8 Å². The smallest absolute Gasteiger partial charge is 0.243 e. The molecule has 6 nitrogen and oxygen atoms in total. The molecule has 3 N–H and O–H groups in total. The van der Waals surface area contributed by atoms with Gasteiger partial charge in [-0.1, -0.05) is 42.5 Å². The maximum Gasteiger partial charge on any atom is 0.243 e. The van der Waals surface area contributed by atoms with E-state index in [1.807, 2.05) is 30.3 Å². The van der Waals surface area contributed by atoms with Crippen LogP contribution in [0, 0.1) is 16.6 Å². The second-order valence-corrected chi connectivity index (χ2v) is 6.58. The van der Waals surface area contributed by atoms with Crippen LogP contribution < -0.4 is 0 Å². The summed E-state index contributed by atoms with van der Waals surface area (Å²) in [5.74, 6) is -1.35. The third-order valence-electron chi connectivity index (χ3n) is 4.50. The number of fused-ring (bicyclic) bond motifs is 1. The van der Waals surface area contributed by atoms with Gasteiger partial charge in [0.1, 0.15) is 11.3 Å². The van der Waals surface area contributed by atoms with E-state index in [-0.39, 0.29) is 29.6 Å². The molecule has 4 aromatic rings. The van der Waals surface area contributed by atoms with E-state index in [2.05, 4.69) is 9.97 Å². The van der Waals surface area contributed by atoms with Gasteiger partial charge in [0.15, 0.2) is 17.3 Å². The van der Waals surface area contributed by atoms with Crippen LogP contribution >= 0.6 is 0 Å². The zero-order chi connectivity index (χ0) is 21.1. The molecule has 0 bridgehead atoms. The summed E-state index contributed by atoms with van der Waals surface area (Å²) < 4.78 is 18.4. The number of halogens is 1. The second kappa shape index (κ2) is 8.08. The van der Waals surface area contributed by atoms with Crippen molar-refractivity contribution < 1.29 is 14.2 Å². The molecule has 0 spiro atoms. The number of ether oxygens (including phenoxy) is 1. The fourth-order valence-electron chi connectivity index (χ4n) is 3.09. The van der Waals surface area contributed by atoms with E-state index in [0.717, 1.165) is 5.56 Å². The highest BCUT2D eigenvalue weighted by Gasteiger charge is 2.20. The molecule has 0 aliphatic rings. The first-order chi connectivity index (χ1) is 14.5. The maximum atomic E-state index is 13.0. The van der Waals surface area contributed by atoms with E-state index in [4.69, 9.17) is 15.6 Å². The summed E-state index contributed by atoms with van der Waals surface area (Å²) in [7, 11) is 0. The largest absolute Gasteiger partial charge is 0.504 e. The van der Waals surface area contributed by atoms with Gasteiger partial charge < -0.3 is 9.84 Å². The number of hydrogen-bond acceptors (Lipinski definition) is 6. The Labute approximate surface area is 171 Å². The van der Waals surface area contributed by atoms with E-state index < -0.39 is 5.90 Å². The molecular formula is C23H17FN4O2. The highest BCUT2D eigenvalue weighted by atomic mass is 19.1. The third-order valence-corrected chi connectivity index (χ3v) is 4.50. The van der Waals surface area contributed by atoms with Crippen molar-refractivity contribution in [1.29, 1.82) is 10.8 Å². The molecule has 0 fully saturated rings. The molecule has 0 saturated carbocycles. The molecule has 0 unspecified atom stereocenters. The van der Waals surface area contributed by atoms with E-state index >= 15 is 0 Å². The van der Waals surface area contributed by atoms with Crippen LogP contribution in [0.3, 0.4) is 0 Å². The Balaban J connectivity index is 1.68. The number of rotatable bonds is 4. The lowest BCUT2D eigenvalue weighted by molar-refractivity contribution is 0.467. The minimum absolute atomic E-state index is 0.0702. The molecule has 0 radical (unpaired) electrons. The van der Waals surface area contributed by atoms with Crippen LogP contribution in [-0.2, 0) is 11.2 Å². The number of pyridine rings is 2. The molecule has 148 valence electrons. The van der Waals surface area contributed by atoms with E-state index in [1.54, 1.807) is 30.5 Å². The first-order valence-corrected chi connectivity index (χ1v) is 9.14. The lowest BCUT2D eigenvalue weighted by Gasteiger charge is -2.13. The summed E-state index contributed by atoms with van der Waals surface area (Å²) in [4.78, 5) is 8.69. The Morgan fingerprint density at radius 2 is 1.70 bits per heavy atom. The number of hydrogen-bond donors (Lipinski definition) is 3. The van der Waals surface area contributed by atoms with E-state index in [0.29, 0.717) is 22.2 Å². The van der Waals surface area contributed by atoms with Gasteiger partial charge >= 0.3 is 0 Å². The Hall–Kier alpha value is -4.13. The quantitative estimate of drug-likeness (QED) is 0.341. The number of benzene rings is 2. The zero-order valence-electron chi connectivity index (χ0n) is 15.8. The lowest BCUT2D eigenvalue weighted by Crippen LogP contribution is -2.16. The van der Waals surface area contributed by atoms with Crippen LogP contribution in [-0.4, -0.2) is 26.9 Å². The minimum Gasteiger partial charge on any atom is -0.504 e. The molecule has 0 atom stereocenters. The molecule has 7 heteroatoms. The summed E-state index contributed by atoms with van der Waals surface area (Å²) in [6.07, 6.45) is 1.61. The Bertz CT molecular complexity index is 1240. The van der Waals surface area contributed by atoms with Crippen LogP contribution in [0.25, 0.3) is 22.2 Å². The Morgan fingerprint density at radius 3 is 2.43 bits per heavy atom. The second-order valence-electron chi connectivity index (χ2n) is 6.58. The molecule has 0 saturated heterocycles. The maximum absolute atomic E-state index is 13.0. The third kappa shape index (κ3) is 3.86. The average molecular weight is 400 g/mol. The molecule has 2 aromatic carbocycles. The van der Waals surface area contributed by atoms with Gasteiger partial charge in [-0.15, -0.1) is 0 Å². The molecular weight excluding hydrogens is 383 g/mol. The highest BCUT2D eigenvalue weighted by Crippen LogP contribution is 2.33. The van der Waals surface area contributed by atoms with Crippen molar-refractivity contribution in [2.24, 2.45) is 0 Å². The van der Waals surface area contributed by atoms with Crippen LogP contribution in [0.1, 0.15) is 11.3 Å². The monoisotopic (exact) mass is 400 g/mol. The summed E-state index contributed by atoms with van der Waals surface area (Å²) >= 11 is 0. The fraction of sp³-hybridized carbons (Fsp3) is 0.0435. The van der Waals surface area contributed by atoms with Gasteiger partial charge in [-0.2, -0.15) is 0 Å². The van der Waals surface area contributed by atoms with Crippen molar-refractivity contribution in [2.75, 3.05) is 0 Å². The molecule has 30 heavy (non-hydrogen) atoms. The van der Waals surface area contributed by atoms with Gasteiger partial charge in [0.05, 0.1) is 5.69 Å². The number of nitrogens with zero attached hydrogens (tertiary/aromatic N) is 2. The number of aromatic hydroxyl groups is 1. The Kier molecular flexibility index (Phi) is 5.17.